The molecule has 1 aromatic carbocycles. The van der Waals surface area contributed by atoms with Gasteiger partial charge in [-0.1, -0.05) is 18.2 Å². The van der Waals surface area contributed by atoms with Gasteiger partial charge < -0.3 is 10.1 Å². The summed E-state index contributed by atoms with van der Waals surface area (Å²) >= 11 is 4.93. The fourth-order valence-corrected chi connectivity index (χ4v) is 1.74. The van der Waals surface area contributed by atoms with E-state index in [4.69, 9.17) is 17.0 Å². The quantitative estimate of drug-likeness (QED) is 0.256. The Bertz CT molecular complexity index is 601. The molecular formula is C14H13ClF4N2O2. The molecule has 0 aromatic heterocycles. The second-order valence-corrected chi connectivity index (χ2v) is 4.65. The average Bonchev–Trinajstić information content (AvgIpc) is 2.46. The molecule has 0 saturated carbocycles. The standard InChI is InChI=1S/C14H13ClF4N2O2/c1-2-23-13(22)9(10(20)12(16)17)11(14(15,18)19)21-8-6-4-3-5-7-8/h3-7,12,20-21H,2H2,1H3/b11-9+,20-10?. The number of rotatable bonds is 7. The zero-order chi connectivity index (χ0) is 17.6. The minimum atomic E-state index is -4.20. The molecule has 0 atom stereocenters. The summed E-state index contributed by atoms with van der Waals surface area (Å²) in [6, 6.07) is 7.30. The van der Waals surface area contributed by atoms with Crippen molar-refractivity contribution in [3.05, 3.63) is 41.6 Å². The van der Waals surface area contributed by atoms with Crippen LogP contribution in [-0.2, 0) is 9.53 Å². The maximum atomic E-state index is 13.6. The number of anilines is 1. The molecule has 0 bridgehead atoms. The summed E-state index contributed by atoms with van der Waals surface area (Å²) in [5.74, 6) is -1.49. The highest BCUT2D eigenvalue weighted by atomic mass is 35.5. The molecular weight excluding hydrogens is 340 g/mol. The number of benzene rings is 1. The number of ether oxygens (including phenoxy) is 1. The largest absolute Gasteiger partial charge is 0.462 e. The van der Waals surface area contributed by atoms with Crippen LogP contribution < -0.4 is 5.32 Å². The lowest BCUT2D eigenvalue weighted by Crippen LogP contribution is -2.30. The summed E-state index contributed by atoms with van der Waals surface area (Å²) in [7, 11) is 0. The number of carbonyl (C=O) groups is 1. The predicted octanol–water partition coefficient (Wildman–Crippen LogP) is 4.03. The fraction of sp³-hybridized carbons (Fsp3) is 0.286. The lowest BCUT2D eigenvalue weighted by atomic mass is 10.1. The van der Waals surface area contributed by atoms with E-state index in [0.717, 1.165) is 0 Å². The third-order valence-electron chi connectivity index (χ3n) is 2.54. The van der Waals surface area contributed by atoms with E-state index in [1.54, 1.807) is 6.07 Å². The van der Waals surface area contributed by atoms with Crippen LogP contribution in [0.15, 0.2) is 41.6 Å². The number of halogens is 5. The number of hydrogen-bond donors (Lipinski definition) is 2. The Morgan fingerprint density at radius 3 is 2.35 bits per heavy atom. The first-order valence-electron chi connectivity index (χ1n) is 6.36. The molecule has 2 N–H and O–H groups in total. The van der Waals surface area contributed by atoms with Crippen molar-refractivity contribution in [1.82, 2.24) is 0 Å². The van der Waals surface area contributed by atoms with Crippen molar-refractivity contribution in [2.24, 2.45) is 0 Å². The van der Waals surface area contributed by atoms with Gasteiger partial charge in [-0.05, 0) is 30.7 Å². The van der Waals surface area contributed by atoms with Gasteiger partial charge in [-0.15, -0.1) is 0 Å². The van der Waals surface area contributed by atoms with E-state index in [2.05, 4.69) is 10.1 Å². The molecule has 23 heavy (non-hydrogen) atoms. The van der Waals surface area contributed by atoms with Gasteiger partial charge in [-0.2, -0.15) is 8.78 Å². The summed E-state index contributed by atoms with van der Waals surface area (Å²) in [5.41, 5.74) is -4.17. The van der Waals surface area contributed by atoms with Crippen LogP contribution in [0.5, 0.6) is 0 Å². The number of allylic oxidation sites excluding steroid dienone is 1. The van der Waals surface area contributed by atoms with Gasteiger partial charge in [-0.3, -0.25) is 5.41 Å². The maximum Gasteiger partial charge on any atom is 0.363 e. The fourth-order valence-electron chi connectivity index (χ4n) is 1.60. The third-order valence-corrected chi connectivity index (χ3v) is 2.73. The number of esters is 1. The molecule has 0 spiro atoms. The van der Waals surface area contributed by atoms with Gasteiger partial charge >= 0.3 is 11.4 Å². The lowest BCUT2D eigenvalue weighted by Gasteiger charge is -2.20. The van der Waals surface area contributed by atoms with E-state index in [1.165, 1.54) is 31.2 Å². The Hall–Kier alpha value is -2.09. The first kappa shape index (κ1) is 19.0. The molecule has 0 aliphatic heterocycles. The number of carbonyl (C=O) groups excluding carboxylic acids is 1. The third kappa shape index (κ3) is 5.24. The Labute approximate surface area is 134 Å². The zero-order valence-electron chi connectivity index (χ0n) is 11.9. The summed E-state index contributed by atoms with van der Waals surface area (Å²) in [5, 5.41) is 5.17. The Balaban J connectivity index is 3.46. The SMILES string of the molecule is CCOC(=O)/C(C(=N)C(F)F)=C(/Nc1ccccc1)C(F)(F)Cl. The highest BCUT2D eigenvalue weighted by molar-refractivity contribution is 6.27. The highest BCUT2D eigenvalue weighted by Gasteiger charge is 2.40. The predicted molar refractivity (Wildman–Crippen MR) is 78.3 cm³/mol. The van der Waals surface area contributed by atoms with Gasteiger partial charge in [0, 0.05) is 5.69 Å². The first-order chi connectivity index (χ1) is 10.7. The van der Waals surface area contributed by atoms with Crippen molar-refractivity contribution in [2.45, 2.75) is 18.7 Å². The molecule has 0 aliphatic rings. The molecule has 126 valence electrons. The topological polar surface area (TPSA) is 62.2 Å². The maximum absolute atomic E-state index is 13.6. The van der Waals surface area contributed by atoms with Crippen molar-refractivity contribution in [3.8, 4) is 0 Å². The van der Waals surface area contributed by atoms with Crippen molar-refractivity contribution in [1.29, 1.82) is 5.41 Å². The number of hydrogen-bond acceptors (Lipinski definition) is 4. The van der Waals surface area contributed by atoms with Gasteiger partial charge in [0.2, 0.25) is 0 Å². The molecule has 9 heteroatoms. The molecule has 0 fully saturated rings. The molecule has 0 radical (unpaired) electrons. The monoisotopic (exact) mass is 352 g/mol. The van der Waals surface area contributed by atoms with E-state index >= 15 is 0 Å². The van der Waals surface area contributed by atoms with Gasteiger partial charge in [0.05, 0.1) is 6.61 Å². The highest BCUT2D eigenvalue weighted by Crippen LogP contribution is 2.33. The summed E-state index contributed by atoms with van der Waals surface area (Å²) in [4.78, 5) is 11.8. The second-order valence-electron chi connectivity index (χ2n) is 4.17. The minimum absolute atomic E-state index is 0.0756. The van der Waals surface area contributed by atoms with Crippen LogP contribution in [0.25, 0.3) is 0 Å². The minimum Gasteiger partial charge on any atom is -0.462 e. The summed E-state index contributed by atoms with van der Waals surface area (Å²) < 4.78 is 57.3. The van der Waals surface area contributed by atoms with Crippen LogP contribution in [0.3, 0.4) is 0 Å². The Kier molecular flexibility index (Phi) is 6.56. The lowest BCUT2D eigenvalue weighted by molar-refractivity contribution is -0.138. The Morgan fingerprint density at radius 1 is 1.35 bits per heavy atom. The van der Waals surface area contributed by atoms with Crippen LogP contribution in [0.1, 0.15) is 6.92 Å². The van der Waals surface area contributed by atoms with Crippen LogP contribution >= 0.6 is 11.6 Å². The average molecular weight is 353 g/mol. The van der Waals surface area contributed by atoms with Crippen LogP contribution in [-0.4, -0.2) is 30.1 Å². The molecule has 0 amide bonds. The van der Waals surface area contributed by atoms with E-state index in [-0.39, 0.29) is 12.3 Å². The molecule has 4 nitrogen and oxygen atoms in total. The summed E-state index contributed by atoms with van der Waals surface area (Å²) in [6.45, 7) is 1.12. The van der Waals surface area contributed by atoms with Crippen LogP contribution in [0.4, 0.5) is 23.2 Å². The first-order valence-corrected chi connectivity index (χ1v) is 6.73. The van der Waals surface area contributed by atoms with Crippen molar-refractivity contribution in [3.63, 3.8) is 0 Å². The van der Waals surface area contributed by atoms with Gasteiger partial charge in [-0.25, -0.2) is 13.6 Å². The van der Waals surface area contributed by atoms with Crippen LogP contribution in [0.2, 0.25) is 0 Å². The van der Waals surface area contributed by atoms with Crippen molar-refractivity contribution < 1.29 is 27.1 Å². The number of alkyl halides is 5. The molecule has 0 unspecified atom stereocenters. The van der Waals surface area contributed by atoms with E-state index in [0.29, 0.717) is 0 Å². The smallest absolute Gasteiger partial charge is 0.363 e. The molecule has 1 rings (SSSR count). The van der Waals surface area contributed by atoms with E-state index < -0.39 is 34.8 Å². The normalized spacial score (nSPS) is 12.7. The molecule has 0 aliphatic carbocycles. The van der Waals surface area contributed by atoms with E-state index in [1.807, 2.05) is 0 Å². The zero-order valence-corrected chi connectivity index (χ0v) is 12.6. The second kappa shape index (κ2) is 7.96. The molecule has 0 heterocycles. The van der Waals surface area contributed by atoms with Gasteiger partial charge in [0.15, 0.2) is 0 Å². The van der Waals surface area contributed by atoms with Crippen molar-refractivity contribution >= 4 is 29.0 Å². The summed E-state index contributed by atoms with van der Waals surface area (Å²) in [6.07, 6.45) is -3.46. The van der Waals surface area contributed by atoms with Crippen LogP contribution in [0, 0.1) is 5.41 Å². The number of para-hydroxylation sites is 1. The number of nitrogens with one attached hydrogen (secondary N) is 2. The van der Waals surface area contributed by atoms with Crippen molar-refractivity contribution in [2.75, 3.05) is 11.9 Å². The molecule has 0 saturated heterocycles. The van der Waals surface area contributed by atoms with Gasteiger partial charge in [0.1, 0.15) is 17.0 Å². The Morgan fingerprint density at radius 2 is 1.91 bits per heavy atom. The molecule has 1 aromatic rings. The van der Waals surface area contributed by atoms with Gasteiger partial charge in [0.25, 0.3) is 6.43 Å². The van der Waals surface area contributed by atoms with E-state index in [9.17, 15) is 22.4 Å².